The zero-order valence-corrected chi connectivity index (χ0v) is 17.7. The molecule has 1 aliphatic carbocycles. The summed E-state index contributed by atoms with van der Waals surface area (Å²) in [6.45, 7) is 0.735. The van der Waals surface area contributed by atoms with Crippen LogP contribution < -0.4 is 10.1 Å². The van der Waals surface area contributed by atoms with E-state index in [2.05, 4.69) is 78.1 Å². The summed E-state index contributed by atoms with van der Waals surface area (Å²) in [5, 5.41) is 4.56. The number of hydrogen-bond acceptors (Lipinski definition) is 2. The van der Waals surface area contributed by atoms with Crippen molar-refractivity contribution in [3.05, 3.63) is 107 Å². The van der Waals surface area contributed by atoms with E-state index in [9.17, 15) is 0 Å². The third-order valence-corrected chi connectivity index (χ3v) is 6.54. The standard InChI is InChI=1S/C27H26ClNO/c28-21-13-11-20(12-14-21)27-24-10-4-9-23(24)25-18-22(15-16-26(25)29-27)30-17-5-8-19-6-2-1-3-7-19/h1-4,6-7,9,11-16,18,23-24,27,29H,5,8,10,17H2. The van der Waals surface area contributed by atoms with Gasteiger partial charge in [-0.2, -0.15) is 0 Å². The van der Waals surface area contributed by atoms with E-state index in [1.54, 1.807) is 0 Å². The summed E-state index contributed by atoms with van der Waals surface area (Å²) in [4.78, 5) is 0. The third kappa shape index (κ3) is 3.97. The molecule has 2 nitrogen and oxygen atoms in total. The second kappa shape index (κ2) is 8.57. The molecule has 3 aromatic carbocycles. The molecule has 30 heavy (non-hydrogen) atoms. The van der Waals surface area contributed by atoms with Crippen LogP contribution in [0.3, 0.4) is 0 Å². The van der Waals surface area contributed by atoms with E-state index in [1.165, 1.54) is 22.4 Å². The number of rotatable bonds is 6. The molecule has 0 saturated heterocycles. The molecule has 5 rings (SSSR count). The summed E-state index contributed by atoms with van der Waals surface area (Å²) in [7, 11) is 0. The molecule has 0 radical (unpaired) electrons. The Bertz CT molecular complexity index is 1030. The molecule has 0 fully saturated rings. The summed E-state index contributed by atoms with van der Waals surface area (Å²) >= 11 is 6.10. The van der Waals surface area contributed by atoms with Crippen molar-refractivity contribution >= 4 is 17.3 Å². The Hall–Kier alpha value is -2.71. The van der Waals surface area contributed by atoms with Crippen LogP contribution >= 0.6 is 11.6 Å². The highest BCUT2D eigenvalue weighted by molar-refractivity contribution is 6.30. The van der Waals surface area contributed by atoms with Crippen LogP contribution in [0.15, 0.2) is 84.9 Å². The van der Waals surface area contributed by atoms with Gasteiger partial charge >= 0.3 is 0 Å². The van der Waals surface area contributed by atoms with Crippen molar-refractivity contribution in [1.29, 1.82) is 0 Å². The number of ether oxygens (including phenoxy) is 1. The molecule has 0 aromatic heterocycles. The average molecular weight is 416 g/mol. The van der Waals surface area contributed by atoms with Gasteiger partial charge in [0.15, 0.2) is 0 Å². The lowest BCUT2D eigenvalue weighted by Crippen LogP contribution is -2.29. The van der Waals surface area contributed by atoms with Gasteiger partial charge in [-0.05, 0) is 72.2 Å². The Morgan fingerprint density at radius 1 is 0.967 bits per heavy atom. The van der Waals surface area contributed by atoms with Crippen molar-refractivity contribution < 1.29 is 4.74 Å². The monoisotopic (exact) mass is 415 g/mol. The molecule has 152 valence electrons. The minimum absolute atomic E-state index is 0.299. The number of allylic oxidation sites excluding steroid dienone is 2. The maximum absolute atomic E-state index is 6.10. The second-order valence-electron chi connectivity index (χ2n) is 8.21. The fourth-order valence-corrected chi connectivity index (χ4v) is 4.90. The van der Waals surface area contributed by atoms with Crippen LogP contribution in [0.5, 0.6) is 5.75 Å². The fourth-order valence-electron chi connectivity index (χ4n) is 4.77. The van der Waals surface area contributed by atoms with E-state index in [0.717, 1.165) is 36.6 Å². The molecule has 0 saturated carbocycles. The van der Waals surface area contributed by atoms with Crippen LogP contribution in [-0.4, -0.2) is 6.61 Å². The Labute approximate surface area is 183 Å². The molecule has 0 bridgehead atoms. The summed E-state index contributed by atoms with van der Waals surface area (Å²) in [5.41, 5.74) is 5.21. The van der Waals surface area contributed by atoms with Gasteiger partial charge < -0.3 is 10.1 Å². The van der Waals surface area contributed by atoms with Crippen molar-refractivity contribution in [2.45, 2.75) is 31.2 Å². The molecule has 1 N–H and O–H groups in total. The van der Waals surface area contributed by atoms with Crippen molar-refractivity contribution in [3.63, 3.8) is 0 Å². The molecule has 3 heteroatoms. The van der Waals surface area contributed by atoms with E-state index in [1.807, 2.05) is 12.1 Å². The van der Waals surface area contributed by atoms with E-state index in [0.29, 0.717) is 17.9 Å². The van der Waals surface area contributed by atoms with Crippen LogP contribution in [0.1, 0.15) is 41.5 Å². The minimum Gasteiger partial charge on any atom is -0.494 e. The zero-order valence-electron chi connectivity index (χ0n) is 16.9. The summed E-state index contributed by atoms with van der Waals surface area (Å²) in [5.74, 6) is 1.91. The molecule has 0 spiro atoms. The number of benzene rings is 3. The van der Waals surface area contributed by atoms with E-state index in [-0.39, 0.29) is 0 Å². The number of hydrogen-bond donors (Lipinski definition) is 1. The molecule has 3 unspecified atom stereocenters. The number of anilines is 1. The summed E-state index contributed by atoms with van der Waals surface area (Å²) in [6.07, 6.45) is 7.84. The average Bonchev–Trinajstić information content (AvgIpc) is 3.28. The summed E-state index contributed by atoms with van der Waals surface area (Å²) < 4.78 is 6.10. The van der Waals surface area contributed by atoms with Gasteiger partial charge in [-0.1, -0.05) is 66.2 Å². The maximum Gasteiger partial charge on any atom is 0.119 e. The van der Waals surface area contributed by atoms with Crippen LogP contribution in [0.4, 0.5) is 5.69 Å². The quantitative estimate of drug-likeness (QED) is 0.340. The molecular formula is C27H26ClNO. The van der Waals surface area contributed by atoms with Crippen LogP contribution in [0.2, 0.25) is 5.02 Å². The van der Waals surface area contributed by atoms with E-state index in [4.69, 9.17) is 16.3 Å². The first-order valence-electron chi connectivity index (χ1n) is 10.8. The first kappa shape index (κ1) is 19.3. The van der Waals surface area contributed by atoms with Gasteiger partial charge in [-0.3, -0.25) is 0 Å². The lowest BCUT2D eigenvalue weighted by Gasteiger charge is -2.37. The van der Waals surface area contributed by atoms with Gasteiger partial charge in [0.25, 0.3) is 0 Å². The zero-order chi connectivity index (χ0) is 20.3. The van der Waals surface area contributed by atoms with E-state index >= 15 is 0 Å². The van der Waals surface area contributed by atoms with Crippen LogP contribution in [0.25, 0.3) is 0 Å². The van der Waals surface area contributed by atoms with E-state index < -0.39 is 0 Å². The second-order valence-corrected chi connectivity index (χ2v) is 8.65. The Balaban J connectivity index is 1.29. The maximum atomic E-state index is 6.10. The predicted molar refractivity (Wildman–Crippen MR) is 125 cm³/mol. The highest BCUT2D eigenvalue weighted by Gasteiger charge is 2.37. The SMILES string of the molecule is Clc1ccc(C2Nc3ccc(OCCCc4ccccc4)cc3C3C=CCC32)cc1. The Kier molecular flexibility index (Phi) is 5.50. The van der Waals surface area contributed by atoms with Crippen molar-refractivity contribution in [3.8, 4) is 5.75 Å². The smallest absolute Gasteiger partial charge is 0.119 e. The molecule has 3 aromatic rings. The molecule has 3 atom stereocenters. The molecule has 1 aliphatic heterocycles. The normalized spacial score (nSPS) is 21.6. The van der Waals surface area contributed by atoms with Gasteiger partial charge in [0.05, 0.1) is 12.6 Å². The third-order valence-electron chi connectivity index (χ3n) is 6.28. The number of nitrogens with one attached hydrogen (secondary N) is 1. The van der Waals surface area contributed by atoms with Crippen LogP contribution in [-0.2, 0) is 6.42 Å². The first-order chi connectivity index (χ1) is 14.8. The minimum atomic E-state index is 0.299. The van der Waals surface area contributed by atoms with Gasteiger partial charge in [-0.25, -0.2) is 0 Å². The molecular weight excluding hydrogens is 390 g/mol. The fraction of sp³-hybridized carbons (Fsp3) is 0.259. The first-order valence-corrected chi connectivity index (χ1v) is 11.1. The van der Waals surface area contributed by atoms with Crippen molar-refractivity contribution in [2.24, 2.45) is 5.92 Å². The lowest BCUT2D eigenvalue weighted by atomic mass is 9.77. The van der Waals surface area contributed by atoms with Gasteiger partial charge in [-0.15, -0.1) is 0 Å². The Morgan fingerprint density at radius 2 is 1.80 bits per heavy atom. The highest BCUT2D eigenvalue weighted by Crippen LogP contribution is 2.50. The van der Waals surface area contributed by atoms with Crippen molar-refractivity contribution in [1.82, 2.24) is 0 Å². The number of aryl methyl sites for hydroxylation is 1. The highest BCUT2D eigenvalue weighted by atomic mass is 35.5. The lowest BCUT2D eigenvalue weighted by molar-refractivity contribution is 0.310. The Morgan fingerprint density at radius 3 is 2.63 bits per heavy atom. The number of fused-ring (bicyclic) bond motifs is 3. The largest absolute Gasteiger partial charge is 0.494 e. The van der Waals surface area contributed by atoms with Crippen molar-refractivity contribution in [2.75, 3.05) is 11.9 Å². The molecule has 1 heterocycles. The topological polar surface area (TPSA) is 21.3 Å². The van der Waals surface area contributed by atoms with Gasteiger partial charge in [0.1, 0.15) is 5.75 Å². The molecule has 0 amide bonds. The molecule has 2 aliphatic rings. The van der Waals surface area contributed by atoms with Gasteiger partial charge in [0.2, 0.25) is 0 Å². The van der Waals surface area contributed by atoms with Crippen LogP contribution in [0, 0.1) is 5.92 Å². The van der Waals surface area contributed by atoms with Gasteiger partial charge in [0, 0.05) is 16.6 Å². The number of halogens is 1. The summed E-state index contributed by atoms with van der Waals surface area (Å²) in [6, 6.07) is 25.6. The predicted octanol–water partition coefficient (Wildman–Crippen LogP) is 7.18.